The number of hydrogen-bond acceptors (Lipinski definition) is 6. The summed E-state index contributed by atoms with van der Waals surface area (Å²) in [7, 11) is 4.63. The van der Waals surface area contributed by atoms with Crippen LogP contribution in [0.3, 0.4) is 0 Å². The van der Waals surface area contributed by atoms with Crippen LogP contribution in [0.25, 0.3) is 0 Å². The largest absolute Gasteiger partial charge is 0.493 e. The molecule has 0 fully saturated rings. The first-order valence-electron chi connectivity index (χ1n) is 8.76. The molecule has 0 saturated carbocycles. The normalized spacial score (nSPS) is 16.2. The van der Waals surface area contributed by atoms with E-state index in [9.17, 15) is 5.11 Å². The van der Waals surface area contributed by atoms with Crippen LogP contribution < -0.4 is 23.7 Å². The predicted molar refractivity (Wildman–Crippen MR) is 101 cm³/mol. The Morgan fingerprint density at radius 3 is 2.00 bits per heavy atom. The third-order valence-corrected chi connectivity index (χ3v) is 4.52. The number of ether oxygens (including phenoxy) is 5. The van der Waals surface area contributed by atoms with E-state index in [4.69, 9.17) is 23.7 Å². The molecule has 0 spiro atoms. The van der Waals surface area contributed by atoms with Crippen LogP contribution in [0.2, 0.25) is 0 Å². The summed E-state index contributed by atoms with van der Waals surface area (Å²) in [6.45, 7) is 5.30. The second-order valence-electron chi connectivity index (χ2n) is 7.31. The van der Waals surface area contributed by atoms with E-state index in [2.05, 4.69) is 13.8 Å². The van der Waals surface area contributed by atoms with Gasteiger partial charge in [-0.3, -0.25) is 0 Å². The van der Waals surface area contributed by atoms with Crippen molar-refractivity contribution in [1.82, 2.24) is 0 Å². The number of aliphatic hydroxyl groups is 1. The molecule has 27 heavy (non-hydrogen) atoms. The van der Waals surface area contributed by atoms with Gasteiger partial charge in [-0.2, -0.15) is 0 Å². The first kappa shape index (κ1) is 19.2. The molecule has 0 unspecified atom stereocenters. The average molecular weight is 374 g/mol. The van der Waals surface area contributed by atoms with Crippen LogP contribution in [0.4, 0.5) is 0 Å². The average Bonchev–Trinajstić information content (AvgIpc) is 2.84. The van der Waals surface area contributed by atoms with Crippen LogP contribution in [0.15, 0.2) is 30.3 Å². The van der Waals surface area contributed by atoms with Gasteiger partial charge in [0.15, 0.2) is 23.0 Å². The van der Waals surface area contributed by atoms with Crippen LogP contribution in [0, 0.1) is 5.41 Å². The minimum Gasteiger partial charge on any atom is -0.493 e. The van der Waals surface area contributed by atoms with Crippen molar-refractivity contribution in [2.24, 2.45) is 5.41 Å². The molecule has 0 amide bonds. The SMILES string of the molecule is COc1cc([C@@H](O)c2ccc3c(c2)OCC(C)(C)CO3)cc(OC)c1OC. The van der Waals surface area contributed by atoms with Gasteiger partial charge in [-0.15, -0.1) is 0 Å². The van der Waals surface area contributed by atoms with Crippen LogP contribution in [-0.4, -0.2) is 39.6 Å². The van der Waals surface area contributed by atoms with Gasteiger partial charge in [-0.1, -0.05) is 19.9 Å². The Balaban J connectivity index is 1.95. The lowest BCUT2D eigenvalue weighted by molar-refractivity contribution is 0.140. The molecule has 1 heterocycles. The topological polar surface area (TPSA) is 66.4 Å². The third-order valence-electron chi connectivity index (χ3n) is 4.52. The number of hydrogen-bond donors (Lipinski definition) is 1. The zero-order valence-corrected chi connectivity index (χ0v) is 16.4. The van der Waals surface area contributed by atoms with Crippen LogP contribution in [0.5, 0.6) is 28.7 Å². The van der Waals surface area contributed by atoms with Crippen molar-refractivity contribution in [2.45, 2.75) is 20.0 Å². The minimum atomic E-state index is -0.885. The molecule has 0 aliphatic carbocycles. The van der Waals surface area contributed by atoms with Gasteiger partial charge in [0, 0.05) is 5.41 Å². The van der Waals surface area contributed by atoms with Crippen molar-refractivity contribution in [1.29, 1.82) is 0 Å². The monoisotopic (exact) mass is 374 g/mol. The summed E-state index contributed by atoms with van der Waals surface area (Å²) in [5.41, 5.74) is 1.24. The molecule has 1 atom stereocenters. The van der Waals surface area contributed by atoms with E-state index in [-0.39, 0.29) is 5.41 Å². The zero-order chi connectivity index (χ0) is 19.6. The summed E-state index contributed by atoms with van der Waals surface area (Å²) < 4.78 is 27.8. The molecular formula is C21H26O6. The highest BCUT2D eigenvalue weighted by Gasteiger charge is 2.26. The number of rotatable bonds is 5. The summed E-state index contributed by atoms with van der Waals surface area (Å²) in [5, 5.41) is 10.9. The Kier molecular flexibility index (Phi) is 5.37. The van der Waals surface area contributed by atoms with E-state index in [0.29, 0.717) is 53.1 Å². The van der Waals surface area contributed by atoms with Crippen molar-refractivity contribution in [3.8, 4) is 28.7 Å². The fraction of sp³-hybridized carbons (Fsp3) is 0.429. The quantitative estimate of drug-likeness (QED) is 0.863. The highest BCUT2D eigenvalue weighted by Crippen LogP contribution is 2.42. The molecule has 6 nitrogen and oxygen atoms in total. The standard InChI is InChI=1S/C21H26O6/c1-21(2)11-26-15-7-6-13(8-16(15)27-12-21)19(22)14-9-17(23-3)20(25-5)18(10-14)24-4/h6-10,19,22H,11-12H2,1-5H3/t19-/m0/s1. The predicted octanol–water partition coefficient (Wildman–Crippen LogP) is 3.59. The summed E-state index contributed by atoms with van der Waals surface area (Å²) in [6, 6.07) is 8.93. The number of aliphatic hydroxyl groups excluding tert-OH is 1. The van der Waals surface area contributed by atoms with Gasteiger partial charge in [0.2, 0.25) is 5.75 Å². The molecule has 1 aliphatic heterocycles. The van der Waals surface area contributed by atoms with E-state index < -0.39 is 6.10 Å². The van der Waals surface area contributed by atoms with Crippen LogP contribution in [0.1, 0.15) is 31.1 Å². The second-order valence-corrected chi connectivity index (χ2v) is 7.31. The summed E-state index contributed by atoms with van der Waals surface area (Å²) >= 11 is 0. The fourth-order valence-corrected chi connectivity index (χ4v) is 2.97. The molecule has 0 radical (unpaired) electrons. The van der Waals surface area contributed by atoms with Gasteiger partial charge in [0.25, 0.3) is 0 Å². The maximum atomic E-state index is 10.9. The Morgan fingerprint density at radius 2 is 1.44 bits per heavy atom. The summed E-state index contributed by atoms with van der Waals surface area (Å²) in [5.74, 6) is 2.77. The highest BCUT2D eigenvalue weighted by atomic mass is 16.5. The fourth-order valence-electron chi connectivity index (χ4n) is 2.97. The third kappa shape index (κ3) is 3.90. The van der Waals surface area contributed by atoms with E-state index in [0.717, 1.165) is 0 Å². The molecule has 1 N–H and O–H groups in total. The first-order chi connectivity index (χ1) is 12.9. The molecule has 3 rings (SSSR count). The van der Waals surface area contributed by atoms with Gasteiger partial charge in [-0.05, 0) is 35.4 Å². The minimum absolute atomic E-state index is 0.0749. The Morgan fingerprint density at radius 1 is 0.852 bits per heavy atom. The lowest BCUT2D eigenvalue weighted by Crippen LogP contribution is -2.26. The van der Waals surface area contributed by atoms with E-state index in [1.165, 1.54) is 0 Å². The molecule has 1 aliphatic rings. The van der Waals surface area contributed by atoms with Gasteiger partial charge in [0.05, 0.1) is 34.5 Å². The number of fused-ring (bicyclic) bond motifs is 1. The smallest absolute Gasteiger partial charge is 0.203 e. The Bertz CT molecular complexity index is 789. The van der Waals surface area contributed by atoms with Crippen molar-refractivity contribution < 1.29 is 28.8 Å². The van der Waals surface area contributed by atoms with E-state index in [1.54, 1.807) is 33.5 Å². The highest BCUT2D eigenvalue weighted by molar-refractivity contribution is 5.55. The zero-order valence-electron chi connectivity index (χ0n) is 16.4. The number of benzene rings is 2. The van der Waals surface area contributed by atoms with Crippen LogP contribution >= 0.6 is 0 Å². The van der Waals surface area contributed by atoms with Crippen molar-refractivity contribution >= 4 is 0 Å². The molecule has 6 heteroatoms. The number of methoxy groups -OCH3 is 3. The van der Waals surface area contributed by atoms with E-state index >= 15 is 0 Å². The van der Waals surface area contributed by atoms with Crippen molar-refractivity contribution in [3.63, 3.8) is 0 Å². The second kappa shape index (κ2) is 7.56. The lowest BCUT2D eigenvalue weighted by atomic mass is 9.97. The van der Waals surface area contributed by atoms with Gasteiger partial charge < -0.3 is 28.8 Å². The molecule has 0 saturated heterocycles. The first-order valence-corrected chi connectivity index (χ1v) is 8.76. The van der Waals surface area contributed by atoms with Crippen molar-refractivity contribution in [2.75, 3.05) is 34.5 Å². The molecule has 0 aromatic heterocycles. The van der Waals surface area contributed by atoms with Crippen molar-refractivity contribution in [3.05, 3.63) is 41.5 Å². The lowest BCUT2D eigenvalue weighted by Gasteiger charge is -2.19. The molecule has 146 valence electrons. The van der Waals surface area contributed by atoms with Gasteiger partial charge in [-0.25, -0.2) is 0 Å². The van der Waals surface area contributed by atoms with Gasteiger partial charge >= 0.3 is 0 Å². The van der Waals surface area contributed by atoms with E-state index in [1.807, 2.05) is 18.2 Å². The molecule has 2 aromatic rings. The Hall–Kier alpha value is -2.60. The summed E-state index contributed by atoms with van der Waals surface area (Å²) in [4.78, 5) is 0. The molecule has 2 aromatic carbocycles. The summed E-state index contributed by atoms with van der Waals surface area (Å²) in [6.07, 6.45) is -0.885. The maximum Gasteiger partial charge on any atom is 0.203 e. The molecule has 0 bridgehead atoms. The molecular weight excluding hydrogens is 348 g/mol. The van der Waals surface area contributed by atoms with Gasteiger partial charge in [0.1, 0.15) is 6.10 Å². The maximum absolute atomic E-state index is 10.9. The Labute approximate surface area is 159 Å². The van der Waals surface area contributed by atoms with Crippen LogP contribution in [-0.2, 0) is 0 Å².